The Kier molecular flexibility index (Phi) is 8.49. The molecule has 0 aliphatic carbocycles. The van der Waals surface area contributed by atoms with Crippen molar-refractivity contribution in [3.63, 3.8) is 0 Å². The number of benzene rings is 3. The van der Waals surface area contributed by atoms with Crippen LogP contribution in [0.4, 0.5) is 0 Å². The van der Waals surface area contributed by atoms with Gasteiger partial charge in [-0.25, -0.2) is 4.98 Å². The highest BCUT2D eigenvalue weighted by molar-refractivity contribution is 6.46. The number of aliphatic hydroxyl groups is 1. The number of aryl methyl sites for hydroxylation is 1. The van der Waals surface area contributed by atoms with Gasteiger partial charge in [0, 0.05) is 31.0 Å². The van der Waals surface area contributed by atoms with Gasteiger partial charge in [0.15, 0.2) is 23.0 Å². The summed E-state index contributed by atoms with van der Waals surface area (Å²) in [5.74, 6) is 0.300. The van der Waals surface area contributed by atoms with Gasteiger partial charge >= 0.3 is 0 Å². The lowest BCUT2D eigenvalue weighted by molar-refractivity contribution is -0.139. The molecule has 3 heterocycles. The van der Waals surface area contributed by atoms with Crippen LogP contribution in [0.15, 0.2) is 91.0 Å². The highest BCUT2D eigenvalue weighted by Crippen LogP contribution is 2.43. The SMILES string of the molecule is CCOc1cc(C2C(=C(O)c3ccc4c(c3)OCCO4)C(=O)C(=O)N2CCCn2ccnc2)ccc1OCc1ccccc1. The van der Waals surface area contributed by atoms with Gasteiger partial charge in [0.25, 0.3) is 11.7 Å². The second kappa shape index (κ2) is 12.9. The Hall–Kier alpha value is -5.25. The molecule has 1 saturated heterocycles. The Balaban J connectivity index is 1.37. The van der Waals surface area contributed by atoms with Crippen LogP contribution >= 0.6 is 0 Å². The average Bonchev–Trinajstić information content (AvgIpc) is 3.66. The van der Waals surface area contributed by atoms with E-state index in [1.807, 2.05) is 48.0 Å². The molecule has 2 aliphatic heterocycles. The quantitative estimate of drug-likeness (QED) is 0.144. The fourth-order valence-electron chi connectivity index (χ4n) is 5.46. The minimum Gasteiger partial charge on any atom is -0.507 e. The smallest absolute Gasteiger partial charge is 0.295 e. The second-order valence-electron chi connectivity index (χ2n) is 10.4. The highest BCUT2D eigenvalue weighted by Gasteiger charge is 2.46. The predicted octanol–water partition coefficient (Wildman–Crippen LogP) is 5.14. The summed E-state index contributed by atoms with van der Waals surface area (Å²) in [5.41, 5.74) is 1.96. The third-order valence-electron chi connectivity index (χ3n) is 7.55. The number of fused-ring (bicyclic) bond motifs is 1. The van der Waals surface area contributed by atoms with E-state index in [9.17, 15) is 14.7 Å². The average molecular weight is 596 g/mol. The van der Waals surface area contributed by atoms with E-state index in [1.54, 1.807) is 48.9 Å². The molecule has 3 aromatic carbocycles. The molecule has 226 valence electrons. The maximum absolute atomic E-state index is 13.6. The molecule has 0 radical (unpaired) electrons. The number of imidazole rings is 1. The summed E-state index contributed by atoms with van der Waals surface area (Å²) in [6, 6.07) is 19.3. The molecule has 1 amide bonds. The van der Waals surface area contributed by atoms with Crippen molar-refractivity contribution in [2.45, 2.75) is 32.5 Å². The van der Waals surface area contributed by atoms with Crippen molar-refractivity contribution in [1.29, 1.82) is 0 Å². The number of hydrogen-bond acceptors (Lipinski definition) is 8. The molecular weight excluding hydrogens is 562 g/mol. The van der Waals surface area contributed by atoms with Crippen LogP contribution < -0.4 is 18.9 Å². The number of carbonyl (C=O) groups excluding carboxylic acids is 2. The first kappa shape index (κ1) is 28.9. The molecule has 10 heteroatoms. The summed E-state index contributed by atoms with van der Waals surface area (Å²) >= 11 is 0. The fraction of sp³-hybridized carbons (Fsp3) is 0.265. The van der Waals surface area contributed by atoms with E-state index in [1.165, 1.54) is 4.90 Å². The molecular formula is C34H33N3O7. The molecule has 0 bridgehead atoms. The zero-order valence-corrected chi connectivity index (χ0v) is 24.3. The first-order chi connectivity index (χ1) is 21.5. The maximum atomic E-state index is 13.6. The first-order valence-electron chi connectivity index (χ1n) is 14.6. The zero-order chi connectivity index (χ0) is 30.5. The summed E-state index contributed by atoms with van der Waals surface area (Å²) < 4.78 is 25.3. The van der Waals surface area contributed by atoms with E-state index in [0.29, 0.717) is 73.5 Å². The topological polar surface area (TPSA) is 112 Å². The van der Waals surface area contributed by atoms with Gasteiger partial charge in [0.1, 0.15) is 25.6 Å². The molecule has 10 nitrogen and oxygen atoms in total. The van der Waals surface area contributed by atoms with Crippen LogP contribution in [-0.4, -0.2) is 57.6 Å². The lowest BCUT2D eigenvalue weighted by Gasteiger charge is -2.26. The molecule has 0 spiro atoms. The van der Waals surface area contributed by atoms with Gasteiger partial charge in [0.2, 0.25) is 0 Å². The Bertz CT molecular complexity index is 1670. The summed E-state index contributed by atoms with van der Waals surface area (Å²) in [4.78, 5) is 32.7. The van der Waals surface area contributed by atoms with Crippen molar-refractivity contribution < 1.29 is 33.6 Å². The second-order valence-corrected chi connectivity index (χ2v) is 10.4. The standard InChI is InChI=1S/C34H33N3O7/c1-2-41-28-19-24(9-11-27(28)44-21-23-7-4-3-5-8-23)31-30(32(38)25-10-12-26-29(20-25)43-18-17-42-26)33(39)34(40)37(31)15-6-14-36-16-13-35-22-36/h3-5,7-13,16,19-20,22,31,38H,2,6,14-15,17-18,21H2,1H3. The van der Waals surface area contributed by atoms with Crippen molar-refractivity contribution >= 4 is 17.4 Å². The third kappa shape index (κ3) is 5.96. The number of nitrogens with zero attached hydrogens (tertiary/aromatic N) is 3. The molecule has 1 atom stereocenters. The van der Waals surface area contributed by atoms with Gasteiger partial charge in [-0.2, -0.15) is 0 Å². The van der Waals surface area contributed by atoms with Crippen molar-refractivity contribution in [2.75, 3.05) is 26.4 Å². The monoisotopic (exact) mass is 595 g/mol. The van der Waals surface area contributed by atoms with E-state index in [0.717, 1.165) is 5.56 Å². The number of aromatic nitrogens is 2. The summed E-state index contributed by atoms with van der Waals surface area (Å²) in [6.07, 6.45) is 5.81. The Morgan fingerprint density at radius 2 is 1.77 bits per heavy atom. The molecule has 2 aliphatic rings. The van der Waals surface area contributed by atoms with Crippen LogP contribution in [0.1, 0.15) is 36.1 Å². The van der Waals surface area contributed by atoms with Crippen LogP contribution in [0, 0.1) is 0 Å². The first-order valence-corrected chi connectivity index (χ1v) is 14.6. The molecule has 1 N–H and O–H groups in total. The lowest BCUT2D eigenvalue weighted by Crippen LogP contribution is -2.31. The molecule has 6 rings (SSSR count). The van der Waals surface area contributed by atoms with Crippen LogP contribution in [0.5, 0.6) is 23.0 Å². The molecule has 44 heavy (non-hydrogen) atoms. The number of ether oxygens (including phenoxy) is 4. The van der Waals surface area contributed by atoms with Crippen molar-refractivity contribution in [3.05, 3.63) is 108 Å². The number of rotatable bonds is 11. The Labute approximate surface area is 255 Å². The maximum Gasteiger partial charge on any atom is 0.295 e. The van der Waals surface area contributed by atoms with E-state index < -0.39 is 17.7 Å². The molecule has 1 aromatic heterocycles. The fourth-order valence-corrected chi connectivity index (χ4v) is 5.46. The molecule has 1 fully saturated rings. The Morgan fingerprint density at radius 3 is 2.55 bits per heavy atom. The molecule has 4 aromatic rings. The Morgan fingerprint density at radius 1 is 0.955 bits per heavy atom. The number of carbonyl (C=O) groups is 2. The van der Waals surface area contributed by atoms with Gasteiger partial charge in [-0.15, -0.1) is 0 Å². The number of amides is 1. The summed E-state index contributed by atoms with van der Waals surface area (Å²) in [7, 11) is 0. The van der Waals surface area contributed by atoms with Crippen molar-refractivity contribution in [1.82, 2.24) is 14.5 Å². The number of hydrogen-bond donors (Lipinski definition) is 1. The minimum absolute atomic E-state index is 0.00490. The predicted molar refractivity (Wildman–Crippen MR) is 162 cm³/mol. The van der Waals surface area contributed by atoms with Crippen molar-refractivity contribution in [3.8, 4) is 23.0 Å². The summed E-state index contributed by atoms with van der Waals surface area (Å²) in [6.45, 7) is 4.28. The zero-order valence-electron chi connectivity index (χ0n) is 24.3. The number of aliphatic hydroxyl groups excluding tert-OH is 1. The lowest BCUT2D eigenvalue weighted by atomic mass is 9.94. The van der Waals surface area contributed by atoms with Gasteiger partial charge in [-0.1, -0.05) is 36.4 Å². The van der Waals surface area contributed by atoms with Crippen molar-refractivity contribution in [2.24, 2.45) is 0 Å². The third-order valence-corrected chi connectivity index (χ3v) is 7.55. The van der Waals surface area contributed by atoms with Crippen LogP contribution in [0.2, 0.25) is 0 Å². The van der Waals surface area contributed by atoms with Gasteiger partial charge in [-0.3, -0.25) is 9.59 Å². The van der Waals surface area contributed by atoms with Gasteiger partial charge in [0.05, 0.1) is 24.5 Å². The minimum atomic E-state index is -0.853. The van der Waals surface area contributed by atoms with Crippen LogP contribution in [0.25, 0.3) is 5.76 Å². The van der Waals surface area contributed by atoms with Gasteiger partial charge in [-0.05, 0) is 54.8 Å². The van der Waals surface area contributed by atoms with E-state index in [2.05, 4.69) is 4.98 Å². The van der Waals surface area contributed by atoms with E-state index in [-0.39, 0.29) is 17.9 Å². The van der Waals surface area contributed by atoms with Gasteiger partial charge < -0.3 is 33.5 Å². The number of likely N-dealkylation sites (tertiary alicyclic amines) is 1. The number of ketones is 1. The molecule has 0 saturated carbocycles. The number of Topliss-reactive ketones (excluding diaryl/α,β-unsaturated/α-hetero) is 1. The molecule has 1 unspecified atom stereocenters. The largest absolute Gasteiger partial charge is 0.507 e. The van der Waals surface area contributed by atoms with Crippen LogP contribution in [0.3, 0.4) is 0 Å². The van der Waals surface area contributed by atoms with Crippen LogP contribution in [-0.2, 0) is 22.7 Å². The van der Waals surface area contributed by atoms with E-state index >= 15 is 0 Å². The highest BCUT2D eigenvalue weighted by atomic mass is 16.6. The normalized spacial score (nSPS) is 17.1. The summed E-state index contributed by atoms with van der Waals surface area (Å²) in [5, 5.41) is 11.6. The van der Waals surface area contributed by atoms with E-state index in [4.69, 9.17) is 18.9 Å².